The van der Waals surface area contributed by atoms with Crippen molar-refractivity contribution in [3.05, 3.63) is 70.7 Å². The Labute approximate surface area is 139 Å². The molecule has 114 valence electrons. The fourth-order valence-corrected chi connectivity index (χ4v) is 2.34. The molecule has 0 spiro atoms. The standard InChI is InChI=1S/C17H15Cl2NO2/c1-2-5-12-6-3-4-7-16(12)22-11-17(21)20-15-9-8-13(18)10-14(15)19/h2-4,6-10H,1,5,11H2,(H,20,21). The molecule has 1 N–H and O–H groups in total. The van der Waals surface area contributed by atoms with Crippen LogP contribution in [0.1, 0.15) is 5.56 Å². The third-order valence-corrected chi connectivity index (χ3v) is 3.45. The Morgan fingerprint density at radius 3 is 2.73 bits per heavy atom. The summed E-state index contributed by atoms with van der Waals surface area (Å²) in [6.45, 7) is 3.60. The number of nitrogens with one attached hydrogen (secondary N) is 1. The average molecular weight is 336 g/mol. The number of carbonyl (C=O) groups is 1. The van der Waals surface area contributed by atoms with Gasteiger partial charge in [0.25, 0.3) is 5.91 Å². The van der Waals surface area contributed by atoms with Gasteiger partial charge in [0.05, 0.1) is 10.7 Å². The predicted molar refractivity (Wildman–Crippen MR) is 90.9 cm³/mol. The number of amides is 1. The molecule has 0 saturated carbocycles. The Bertz CT molecular complexity index is 686. The highest BCUT2D eigenvalue weighted by Gasteiger charge is 2.08. The summed E-state index contributed by atoms with van der Waals surface area (Å²) in [6, 6.07) is 12.4. The lowest BCUT2D eigenvalue weighted by Crippen LogP contribution is -2.20. The van der Waals surface area contributed by atoms with E-state index in [0.717, 1.165) is 5.56 Å². The molecule has 0 aliphatic heterocycles. The molecule has 0 bridgehead atoms. The first-order valence-corrected chi connectivity index (χ1v) is 7.42. The zero-order valence-electron chi connectivity index (χ0n) is 11.8. The Morgan fingerprint density at radius 1 is 1.23 bits per heavy atom. The monoisotopic (exact) mass is 335 g/mol. The number of hydrogen-bond acceptors (Lipinski definition) is 2. The molecule has 3 nitrogen and oxygen atoms in total. The van der Waals surface area contributed by atoms with Crippen molar-refractivity contribution < 1.29 is 9.53 Å². The van der Waals surface area contributed by atoms with Crippen LogP contribution in [0.25, 0.3) is 0 Å². The van der Waals surface area contributed by atoms with Crippen LogP contribution in [-0.2, 0) is 11.2 Å². The fraction of sp³-hybridized carbons (Fsp3) is 0.118. The molecule has 0 unspecified atom stereocenters. The van der Waals surface area contributed by atoms with Gasteiger partial charge < -0.3 is 10.1 Å². The summed E-state index contributed by atoms with van der Waals surface area (Å²) in [5, 5.41) is 3.58. The van der Waals surface area contributed by atoms with Gasteiger partial charge in [0, 0.05) is 5.02 Å². The van der Waals surface area contributed by atoms with Crippen molar-refractivity contribution in [2.75, 3.05) is 11.9 Å². The minimum absolute atomic E-state index is 0.104. The Balaban J connectivity index is 1.97. The van der Waals surface area contributed by atoms with Gasteiger partial charge in [-0.15, -0.1) is 6.58 Å². The summed E-state index contributed by atoms with van der Waals surface area (Å²) in [4.78, 5) is 11.9. The molecule has 2 aromatic rings. The summed E-state index contributed by atoms with van der Waals surface area (Å²) < 4.78 is 5.56. The van der Waals surface area contributed by atoms with Crippen LogP contribution in [0.4, 0.5) is 5.69 Å². The molecule has 2 aromatic carbocycles. The number of anilines is 1. The van der Waals surface area contributed by atoms with Gasteiger partial charge in [0.1, 0.15) is 5.75 Å². The molecule has 22 heavy (non-hydrogen) atoms. The number of rotatable bonds is 6. The van der Waals surface area contributed by atoms with Crippen molar-refractivity contribution in [3.8, 4) is 5.75 Å². The SMILES string of the molecule is C=CCc1ccccc1OCC(=O)Nc1ccc(Cl)cc1Cl. The molecule has 0 saturated heterocycles. The molecule has 2 rings (SSSR count). The highest BCUT2D eigenvalue weighted by atomic mass is 35.5. The fourth-order valence-electron chi connectivity index (χ4n) is 1.89. The van der Waals surface area contributed by atoms with Crippen LogP contribution < -0.4 is 10.1 Å². The van der Waals surface area contributed by atoms with Crippen LogP contribution in [0.15, 0.2) is 55.1 Å². The first kappa shape index (κ1) is 16.4. The van der Waals surface area contributed by atoms with E-state index >= 15 is 0 Å². The van der Waals surface area contributed by atoms with Gasteiger partial charge >= 0.3 is 0 Å². The quantitative estimate of drug-likeness (QED) is 0.774. The number of allylic oxidation sites excluding steroid dienone is 1. The van der Waals surface area contributed by atoms with Crippen molar-refractivity contribution in [1.82, 2.24) is 0 Å². The van der Waals surface area contributed by atoms with Crippen LogP contribution in [0.3, 0.4) is 0 Å². The number of para-hydroxylation sites is 1. The van der Waals surface area contributed by atoms with Crippen molar-refractivity contribution in [1.29, 1.82) is 0 Å². The van der Waals surface area contributed by atoms with Crippen LogP contribution in [0.2, 0.25) is 10.0 Å². The molecular formula is C17H15Cl2NO2. The largest absolute Gasteiger partial charge is 0.483 e. The van der Waals surface area contributed by atoms with E-state index in [1.807, 2.05) is 24.3 Å². The van der Waals surface area contributed by atoms with Gasteiger partial charge in [0.2, 0.25) is 0 Å². The number of ether oxygens (including phenoxy) is 1. The molecule has 0 fully saturated rings. The van der Waals surface area contributed by atoms with Gasteiger partial charge in [-0.25, -0.2) is 0 Å². The maximum Gasteiger partial charge on any atom is 0.262 e. The van der Waals surface area contributed by atoms with E-state index in [0.29, 0.717) is 27.9 Å². The summed E-state index contributed by atoms with van der Waals surface area (Å²) in [7, 11) is 0. The topological polar surface area (TPSA) is 38.3 Å². The number of hydrogen-bond donors (Lipinski definition) is 1. The van der Waals surface area contributed by atoms with E-state index in [1.165, 1.54) is 0 Å². The van der Waals surface area contributed by atoms with Gasteiger partial charge in [-0.05, 0) is 36.2 Å². The molecule has 1 amide bonds. The lowest BCUT2D eigenvalue weighted by Gasteiger charge is -2.11. The van der Waals surface area contributed by atoms with Crippen LogP contribution >= 0.6 is 23.2 Å². The molecule has 0 aromatic heterocycles. The van der Waals surface area contributed by atoms with E-state index in [2.05, 4.69) is 11.9 Å². The molecule has 0 atom stereocenters. The minimum atomic E-state index is -0.294. The smallest absolute Gasteiger partial charge is 0.262 e. The summed E-state index contributed by atoms with van der Waals surface area (Å²) in [5.74, 6) is 0.373. The van der Waals surface area contributed by atoms with Gasteiger partial charge in [-0.3, -0.25) is 4.79 Å². The number of halogens is 2. The second kappa shape index (κ2) is 7.87. The highest BCUT2D eigenvalue weighted by molar-refractivity contribution is 6.36. The zero-order valence-corrected chi connectivity index (χ0v) is 13.3. The van der Waals surface area contributed by atoms with Crippen LogP contribution in [-0.4, -0.2) is 12.5 Å². The zero-order chi connectivity index (χ0) is 15.9. The van der Waals surface area contributed by atoms with E-state index in [9.17, 15) is 4.79 Å². The van der Waals surface area contributed by atoms with Gasteiger partial charge in [0.15, 0.2) is 6.61 Å². The Hall–Kier alpha value is -1.97. The lowest BCUT2D eigenvalue weighted by atomic mass is 10.1. The third kappa shape index (κ3) is 4.52. The lowest BCUT2D eigenvalue weighted by molar-refractivity contribution is -0.118. The normalized spacial score (nSPS) is 10.1. The third-order valence-electron chi connectivity index (χ3n) is 2.90. The minimum Gasteiger partial charge on any atom is -0.483 e. The van der Waals surface area contributed by atoms with Gasteiger partial charge in [-0.2, -0.15) is 0 Å². The van der Waals surface area contributed by atoms with E-state index in [1.54, 1.807) is 24.3 Å². The maximum absolute atomic E-state index is 11.9. The molecule has 0 aliphatic carbocycles. The van der Waals surface area contributed by atoms with E-state index in [4.69, 9.17) is 27.9 Å². The average Bonchev–Trinajstić information content (AvgIpc) is 2.49. The van der Waals surface area contributed by atoms with Gasteiger partial charge in [-0.1, -0.05) is 47.5 Å². The van der Waals surface area contributed by atoms with Crippen molar-refractivity contribution in [3.63, 3.8) is 0 Å². The Kier molecular flexibility index (Phi) is 5.87. The van der Waals surface area contributed by atoms with Crippen LogP contribution in [0.5, 0.6) is 5.75 Å². The second-order valence-corrected chi connectivity index (χ2v) is 5.41. The van der Waals surface area contributed by atoms with E-state index in [-0.39, 0.29) is 12.5 Å². The highest BCUT2D eigenvalue weighted by Crippen LogP contribution is 2.25. The number of carbonyl (C=O) groups excluding carboxylic acids is 1. The summed E-state index contributed by atoms with van der Waals surface area (Å²) in [6.07, 6.45) is 2.47. The Morgan fingerprint density at radius 2 is 2.00 bits per heavy atom. The maximum atomic E-state index is 11.9. The van der Waals surface area contributed by atoms with Crippen molar-refractivity contribution in [2.45, 2.75) is 6.42 Å². The van der Waals surface area contributed by atoms with Crippen LogP contribution in [0, 0.1) is 0 Å². The summed E-state index contributed by atoms with van der Waals surface area (Å²) >= 11 is 11.8. The van der Waals surface area contributed by atoms with Crippen molar-refractivity contribution in [2.24, 2.45) is 0 Å². The summed E-state index contributed by atoms with van der Waals surface area (Å²) in [5.41, 5.74) is 1.48. The van der Waals surface area contributed by atoms with Crippen molar-refractivity contribution >= 4 is 34.8 Å². The molecule has 5 heteroatoms. The molecule has 0 heterocycles. The second-order valence-electron chi connectivity index (χ2n) is 4.56. The molecule has 0 radical (unpaired) electrons. The number of benzene rings is 2. The predicted octanol–water partition coefficient (Wildman–Crippen LogP) is 4.74. The molecule has 0 aliphatic rings. The molecular weight excluding hydrogens is 321 g/mol. The first-order chi connectivity index (χ1) is 10.6. The first-order valence-electron chi connectivity index (χ1n) is 6.66. The van der Waals surface area contributed by atoms with E-state index < -0.39 is 0 Å².